The predicted molar refractivity (Wildman–Crippen MR) is 110 cm³/mol. The van der Waals surface area contributed by atoms with Gasteiger partial charge in [-0.05, 0) is 38.1 Å². The summed E-state index contributed by atoms with van der Waals surface area (Å²) in [4.78, 5) is -0.391. The van der Waals surface area contributed by atoms with Crippen LogP contribution in [-0.4, -0.2) is 64.3 Å². The Morgan fingerprint density at radius 1 is 0.767 bits per heavy atom. The summed E-state index contributed by atoms with van der Waals surface area (Å²) in [7, 11) is -8.80. The first kappa shape index (κ1) is 24.4. The zero-order valence-electron chi connectivity index (χ0n) is 16.8. The SMILES string of the molecule is Cc1ccc(S(=O)(=O)C(O)C(OCCOCCO)S(=O)(=O)c2ccc(C)cc2)cc1. The van der Waals surface area contributed by atoms with E-state index in [4.69, 9.17) is 14.6 Å². The zero-order chi connectivity index (χ0) is 22.4. The Bertz CT molecular complexity index is 1010. The molecular formula is C20H26O8S2. The standard InChI is InChI=1S/C20H26O8S2/c1-15-3-7-17(8-4-15)29(23,24)19(22)20(28-14-13-27-12-11-21)30(25,26)18-9-5-16(2)6-10-18/h3-10,19-22H,11-14H2,1-2H3. The Morgan fingerprint density at radius 3 is 1.70 bits per heavy atom. The Kier molecular flexibility index (Phi) is 8.53. The van der Waals surface area contributed by atoms with E-state index in [1.54, 1.807) is 38.1 Å². The molecule has 0 heterocycles. The first-order valence-corrected chi connectivity index (χ1v) is 12.3. The van der Waals surface area contributed by atoms with Gasteiger partial charge in [-0.1, -0.05) is 35.4 Å². The highest BCUT2D eigenvalue weighted by atomic mass is 32.2. The van der Waals surface area contributed by atoms with E-state index in [0.717, 1.165) is 11.1 Å². The molecule has 2 rings (SSSR count). The van der Waals surface area contributed by atoms with Crippen LogP contribution in [0.4, 0.5) is 0 Å². The van der Waals surface area contributed by atoms with E-state index in [1.165, 1.54) is 24.3 Å². The number of rotatable bonds is 11. The monoisotopic (exact) mass is 458 g/mol. The number of aliphatic hydroxyl groups excluding tert-OH is 2. The third-order valence-electron chi connectivity index (χ3n) is 4.30. The van der Waals surface area contributed by atoms with Gasteiger partial charge in [0.25, 0.3) is 0 Å². The summed E-state index contributed by atoms with van der Waals surface area (Å²) < 4.78 is 62.3. The van der Waals surface area contributed by atoms with Gasteiger partial charge in [-0.25, -0.2) is 16.8 Å². The molecule has 2 aromatic rings. The van der Waals surface area contributed by atoms with E-state index >= 15 is 0 Å². The van der Waals surface area contributed by atoms with Crippen LogP contribution in [0.25, 0.3) is 0 Å². The second kappa shape index (κ2) is 10.5. The van der Waals surface area contributed by atoms with Gasteiger partial charge >= 0.3 is 0 Å². The minimum atomic E-state index is -4.43. The average Bonchev–Trinajstić information content (AvgIpc) is 2.70. The first-order chi connectivity index (χ1) is 14.1. The molecule has 10 heteroatoms. The lowest BCUT2D eigenvalue weighted by atomic mass is 10.2. The summed E-state index contributed by atoms with van der Waals surface area (Å²) in [5.41, 5.74) is -2.80. The van der Waals surface area contributed by atoms with Crippen molar-refractivity contribution in [1.82, 2.24) is 0 Å². The highest BCUT2D eigenvalue weighted by Crippen LogP contribution is 2.26. The zero-order valence-corrected chi connectivity index (χ0v) is 18.4. The quantitative estimate of drug-likeness (QED) is 0.481. The fraction of sp³-hybridized carbons (Fsp3) is 0.400. The molecule has 0 bridgehead atoms. The van der Waals surface area contributed by atoms with Gasteiger partial charge < -0.3 is 19.7 Å². The van der Waals surface area contributed by atoms with Gasteiger partial charge in [-0.2, -0.15) is 0 Å². The van der Waals surface area contributed by atoms with Crippen molar-refractivity contribution in [3.05, 3.63) is 59.7 Å². The molecule has 8 nitrogen and oxygen atoms in total. The van der Waals surface area contributed by atoms with Crippen molar-refractivity contribution < 1.29 is 36.5 Å². The molecule has 0 saturated heterocycles. The fourth-order valence-electron chi connectivity index (χ4n) is 2.59. The van der Waals surface area contributed by atoms with Crippen LogP contribution in [0.5, 0.6) is 0 Å². The summed E-state index contributed by atoms with van der Waals surface area (Å²) >= 11 is 0. The molecule has 30 heavy (non-hydrogen) atoms. The third-order valence-corrected chi connectivity index (χ3v) is 8.22. The van der Waals surface area contributed by atoms with Gasteiger partial charge in [0.05, 0.1) is 36.2 Å². The van der Waals surface area contributed by atoms with E-state index in [0.29, 0.717) is 0 Å². The van der Waals surface area contributed by atoms with Crippen molar-refractivity contribution in [2.45, 2.75) is 34.5 Å². The largest absolute Gasteiger partial charge is 0.394 e. The predicted octanol–water partition coefficient (Wildman–Crippen LogP) is 1.22. The van der Waals surface area contributed by atoms with Crippen LogP contribution in [-0.2, 0) is 29.1 Å². The highest BCUT2D eigenvalue weighted by molar-refractivity contribution is 7.95. The molecule has 0 aromatic heterocycles. The summed E-state index contributed by atoms with van der Waals surface area (Å²) in [6.45, 7) is 2.96. The maximum atomic E-state index is 13.1. The van der Waals surface area contributed by atoms with Crippen LogP contribution < -0.4 is 0 Å². The van der Waals surface area contributed by atoms with E-state index in [9.17, 15) is 21.9 Å². The Hall–Kier alpha value is -1.82. The van der Waals surface area contributed by atoms with Crippen molar-refractivity contribution in [2.24, 2.45) is 0 Å². The lowest BCUT2D eigenvalue weighted by Gasteiger charge is -2.24. The third kappa shape index (κ3) is 5.87. The molecule has 0 fully saturated rings. The molecular weight excluding hydrogens is 432 g/mol. The molecule has 2 aromatic carbocycles. The summed E-state index contributed by atoms with van der Waals surface area (Å²) in [5.74, 6) is 0. The topological polar surface area (TPSA) is 127 Å². The molecule has 0 aliphatic heterocycles. The number of aliphatic hydroxyl groups is 2. The van der Waals surface area contributed by atoms with Crippen molar-refractivity contribution in [2.75, 3.05) is 26.4 Å². The molecule has 2 N–H and O–H groups in total. The molecule has 0 amide bonds. The van der Waals surface area contributed by atoms with E-state index in [2.05, 4.69) is 0 Å². The lowest BCUT2D eigenvalue weighted by molar-refractivity contribution is -0.00172. The summed E-state index contributed by atoms with van der Waals surface area (Å²) in [6, 6.07) is 11.5. The minimum Gasteiger partial charge on any atom is -0.394 e. The van der Waals surface area contributed by atoms with E-state index < -0.39 is 30.5 Å². The van der Waals surface area contributed by atoms with Gasteiger partial charge in [0.15, 0.2) is 0 Å². The Balaban J connectivity index is 2.38. The number of sulfone groups is 2. The summed E-state index contributed by atoms with van der Waals surface area (Å²) in [5, 5.41) is 19.4. The fourth-order valence-corrected chi connectivity index (χ4v) is 6.00. The first-order valence-electron chi connectivity index (χ1n) is 9.20. The van der Waals surface area contributed by atoms with Crippen molar-refractivity contribution in [3.63, 3.8) is 0 Å². The van der Waals surface area contributed by atoms with Crippen LogP contribution in [0.2, 0.25) is 0 Å². The maximum Gasteiger partial charge on any atom is 0.208 e. The van der Waals surface area contributed by atoms with Gasteiger partial charge in [0.2, 0.25) is 30.5 Å². The number of aryl methyl sites for hydroxylation is 2. The number of benzene rings is 2. The number of ether oxygens (including phenoxy) is 2. The van der Waals surface area contributed by atoms with Crippen molar-refractivity contribution in [3.8, 4) is 0 Å². The van der Waals surface area contributed by atoms with Gasteiger partial charge in [-0.3, -0.25) is 0 Å². The van der Waals surface area contributed by atoms with Gasteiger partial charge in [0.1, 0.15) is 0 Å². The highest BCUT2D eigenvalue weighted by Gasteiger charge is 2.42. The van der Waals surface area contributed by atoms with Crippen LogP contribution in [0.1, 0.15) is 11.1 Å². The van der Waals surface area contributed by atoms with E-state index in [-0.39, 0.29) is 36.2 Å². The van der Waals surface area contributed by atoms with Crippen molar-refractivity contribution in [1.29, 1.82) is 0 Å². The molecule has 0 aliphatic rings. The van der Waals surface area contributed by atoms with E-state index in [1.807, 2.05) is 0 Å². The molecule has 0 aliphatic carbocycles. The summed E-state index contributed by atoms with van der Waals surface area (Å²) in [6.07, 6.45) is 0. The Labute approximate surface area is 176 Å². The van der Waals surface area contributed by atoms with Crippen molar-refractivity contribution >= 4 is 19.7 Å². The number of hydrogen-bond donors (Lipinski definition) is 2. The van der Waals surface area contributed by atoms with Gasteiger partial charge in [-0.15, -0.1) is 0 Å². The van der Waals surface area contributed by atoms with Crippen LogP contribution >= 0.6 is 0 Å². The molecule has 0 saturated carbocycles. The van der Waals surface area contributed by atoms with Crippen LogP contribution in [0.15, 0.2) is 58.3 Å². The van der Waals surface area contributed by atoms with Crippen LogP contribution in [0, 0.1) is 13.8 Å². The molecule has 166 valence electrons. The van der Waals surface area contributed by atoms with Gasteiger partial charge in [0, 0.05) is 0 Å². The van der Waals surface area contributed by atoms with Crippen LogP contribution in [0.3, 0.4) is 0 Å². The molecule has 0 radical (unpaired) electrons. The molecule has 0 spiro atoms. The lowest BCUT2D eigenvalue weighted by Crippen LogP contribution is -2.42. The maximum absolute atomic E-state index is 13.1. The smallest absolute Gasteiger partial charge is 0.208 e. The second-order valence-electron chi connectivity index (χ2n) is 6.68. The second-order valence-corrected chi connectivity index (χ2v) is 10.8. The number of hydrogen-bond acceptors (Lipinski definition) is 8. The average molecular weight is 459 g/mol. The minimum absolute atomic E-state index is 0.0168. The Morgan fingerprint density at radius 2 is 1.23 bits per heavy atom. The normalized spacial score (nSPS) is 14.4. The molecule has 2 unspecified atom stereocenters. The molecule has 2 atom stereocenters.